The molecule has 0 saturated carbocycles. The van der Waals surface area contributed by atoms with Crippen molar-refractivity contribution < 1.29 is 9.21 Å². The Hall–Kier alpha value is -2.41. The highest BCUT2D eigenvalue weighted by molar-refractivity contribution is 5.89. The zero-order chi connectivity index (χ0) is 16.1. The topological polar surface area (TPSA) is 74.5 Å². The number of nitrogens with one attached hydrogen (secondary N) is 1. The molecule has 1 aliphatic rings. The van der Waals surface area contributed by atoms with Gasteiger partial charge in [0.1, 0.15) is 0 Å². The van der Waals surface area contributed by atoms with Crippen molar-refractivity contribution in [2.75, 3.05) is 38.0 Å². The fourth-order valence-corrected chi connectivity index (χ4v) is 2.59. The van der Waals surface area contributed by atoms with Gasteiger partial charge in [-0.3, -0.25) is 4.90 Å². The minimum atomic E-state index is -0.0385. The number of carbonyl (C=O) groups excluding carboxylic acids is 1. The molecule has 7 heteroatoms. The van der Waals surface area contributed by atoms with E-state index in [1.54, 1.807) is 6.92 Å². The average Bonchev–Trinajstić information content (AvgIpc) is 3.00. The first-order chi connectivity index (χ1) is 11.2. The number of anilines is 1. The maximum Gasteiger partial charge on any atom is 0.321 e. The lowest BCUT2D eigenvalue weighted by Crippen LogP contribution is -2.50. The van der Waals surface area contributed by atoms with Crippen LogP contribution in [0.15, 0.2) is 34.7 Å². The Morgan fingerprint density at radius 3 is 2.57 bits per heavy atom. The average molecular weight is 315 g/mol. The molecule has 1 N–H and O–H groups in total. The van der Waals surface area contributed by atoms with Crippen LogP contribution >= 0.6 is 0 Å². The number of benzene rings is 1. The van der Waals surface area contributed by atoms with E-state index in [2.05, 4.69) is 20.4 Å². The normalized spacial score (nSPS) is 15.6. The molecule has 3 rings (SSSR count). The molecule has 1 aromatic heterocycles. The molecule has 122 valence electrons. The molecule has 2 amide bonds. The number of aromatic nitrogens is 2. The van der Waals surface area contributed by atoms with Crippen molar-refractivity contribution in [2.24, 2.45) is 0 Å². The van der Waals surface area contributed by atoms with Gasteiger partial charge in [0.15, 0.2) is 0 Å². The van der Waals surface area contributed by atoms with E-state index in [9.17, 15) is 4.79 Å². The quantitative estimate of drug-likeness (QED) is 0.931. The number of urea groups is 1. The molecule has 7 nitrogen and oxygen atoms in total. The van der Waals surface area contributed by atoms with Gasteiger partial charge in [-0.25, -0.2) is 4.79 Å². The molecule has 2 aromatic rings. The van der Waals surface area contributed by atoms with E-state index in [1.807, 2.05) is 35.2 Å². The van der Waals surface area contributed by atoms with Gasteiger partial charge in [-0.05, 0) is 12.1 Å². The number of amides is 2. The summed E-state index contributed by atoms with van der Waals surface area (Å²) in [6, 6.07) is 9.49. The summed E-state index contributed by atoms with van der Waals surface area (Å²) in [4.78, 5) is 16.4. The third-order valence-corrected chi connectivity index (χ3v) is 3.89. The number of piperazine rings is 1. The van der Waals surface area contributed by atoms with Crippen molar-refractivity contribution in [2.45, 2.75) is 13.3 Å². The van der Waals surface area contributed by atoms with Crippen LogP contribution in [-0.4, -0.2) is 58.8 Å². The van der Waals surface area contributed by atoms with E-state index in [0.29, 0.717) is 11.8 Å². The predicted molar refractivity (Wildman–Crippen MR) is 86.2 cm³/mol. The molecular formula is C16H21N5O2. The molecule has 1 aromatic carbocycles. The number of hydrogen-bond donors (Lipinski definition) is 1. The van der Waals surface area contributed by atoms with Gasteiger partial charge in [0.05, 0.1) is 0 Å². The SMILES string of the molecule is Cc1nnc(CCN2CCN(C(=O)Nc3ccccc3)CC2)o1. The monoisotopic (exact) mass is 315 g/mol. The number of para-hydroxylation sites is 1. The Labute approximate surface area is 135 Å². The predicted octanol–water partition coefficient (Wildman–Crippen LogP) is 1.77. The highest BCUT2D eigenvalue weighted by Crippen LogP contribution is 2.09. The molecule has 1 saturated heterocycles. The van der Waals surface area contributed by atoms with Gasteiger partial charge in [0.25, 0.3) is 0 Å². The van der Waals surface area contributed by atoms with Crippen LogP contribution in [0.3, 0.4) is 0 Å². The van der Waals surface area contributed by atoms with Gasteiger partial charge >= 0.3 is 6.03 Å². The van der Waals surface area contributed by atoms with Crippen LogP contribution in [0.25, 0.3) is 0 Å². The molecule has 0 aliphatic carbocycles. The number of nitrogens with zero attached hydrogens (tertiary/aromatic N) is 4. The summed E-state index contributed by atoms with van der Waals surface area (Å²) < 4.78 is 5.38. The number of rotatable bonds is 4. The van der Waals surface area contributed by atoms with Crippen LogP contribution in [0, 0.1) is 6.92 Å². The second kappa shape index (κ2) is 7.23. The van der Waals surface area contributed by atoms with E-state index in [1.165, 1.54) is 0 Å². The van der Waals surface area contributed by atoms with Crippen LogP contribution in [-0.2, 0) is 6.42 Å². The summed E-state index contributed by atoms with van der Waals surface area (Å²) in [6.45, 7) is 5.82. The van der Waals surface area contributed by atoms with Crippen molar-refractivity contribution in [3.05, 3.63) is 42.1 Å². The molecule has 1 fully saturated rings. The molecule has 2 heterocycles. The van der Waals surface area contributed by atoms with E-state index < -0.39 is 0 Å². The third-order valence-electron chi connectivity index (χ3n) is 3.89. The van der Waals surface area contributed by atoms with Crippen molar-refractivity contribution in [1.29, 1.82) is 0 Å². The second-order valence-electron chi connectivity index (χ2n) is 5.59. The highest BCUT2D eigenvalue weighted by atomic mass is 16.4. The van der Waals surface area contributed by atoms with Crippen LogP contribution in [0.5, 0.6) is 0 Å². The Bertz CT molecular complexity index is 635. The summed E-state index contributed by atoms with van der Waals surface area (Å²) in [5.41, 5.74) is 0.826. The Balaban J connectivity index is 1.42. The molecular weight excluding hydrogens is 294 g/mol. The van der Waals surface area contributed by atoms with Gasteiger partial charge in [0, 0.05) is 51.8 Å². The van der Waals surface area contributed by atoms with E-state index in [0.717, 1.165) is 44.8 Å². The zero-order valence-electron chi connectivity index (χ0n) is 13.2. The minimum absolute atomic E-state index is 0.0385. The smallest absolute Gasteiger partial charge is 0.321 e. The summed E-state index contributed by atoms with van der Waals surface area (Å²) >= 11 is 0. The molecule has 0 radical (unpaired) electrons. The second-order valence-corrected chi connectivity index (χ2v) is 5.59. The zero-order valence-corrected chi connectivity index (χ0v) is 13.2. The van der Waals surface area contributed by atoms with Crippen molar-refractivity contribution in [3.63, 3.8) is 0 Å². The lowest BCUT2D eigenvalue weighted by atomic mass is 10.3. The van der Waals surface area contributed by atoms with Gasteiger partial charge in [0.2, 0.25) is 11.8 Å². The summed E-state index contributed by atoms with van der Waals surface area (Å²) in [5, 5.41) is 10.8. The fourth-order valence-electron chi connectivity index (χ4n) is 2.59. The summed E-state index contributed by atoms with van der Waals surface area (Å²) in [6.07, 6.45) is 0.747. The van der Waals surface area contributed by atoms with Crippen molar-refractivity contribution in [3.8, 4) is 0 Å². The van der Waals surface area contributed by atoms with E-state index in [4.69, 9.17) is 4.42 Å². The Morgan fingerprint density at radius 2 is 1.91 bits per heavy atom. The van der Waals surface area contributed by atoms with Crippen LogP contribution in [0.2, 0.25) is 0 Å². The van der Waals surface area contributed by atoms with E-state index in [-0.39, 0.29) is 6.03 Å². The van der Waals surface area contributed by atoms with E-state index >= 15 is 0 Å². The van der Waals surface area contributed by atoms with Gasteiger partial charge in [-0.15, -0.1) is 10.2 Å². The summed E-state index contributed by atoms with van der Waals surface area (Å²) in [5.74, 6) is 1.27. The molecule has 1 aliphatic heterocycles. The maximum atomic E-state index is 12.2. The largest absolute Gasteiger partial charge is 0.426 e. The first-order valence-corrected chi connectivity index (χ1v) is 7.83. The third kappa shape index (κ3) is 4.29. The number of aryl methyl sites for hydroxylation is 1. The molecule has 0 spiro atoms. The first kappa shape index (κ1) is 15.5. The molecule has 0 unspecified atom stereocenters. The Kier molecular flexibility index (Phi) is 4.87. The van der Waals surface area contributed by atoms with Gasteiger partial charge < -0.3 is 14.6 Å². The highest BCUT2D eigenvalue weighted by Gasteiger charge is 2.21. The fraction of sp³-hybridized carbons (Fsp3) is 0.438. The summed E-state index contributed by atoms with van der Waals surface area (Å²) in [7, 11) is 0. The molecule has 23 heavy (non-hydrogen) atoms. The van der Waals surface area contributed by atoms with Gasteiger partial charge in [-0.1, -0.05) is 18.2 Å². The standard InChI is InChI=1S/C16H21N5O2/c1-13-18-19-15(23-13)7-8-20-9-11-21(12-10-20)16(22)17-14-5-3-2-4-6-14/h2-6H,7-12H2,1H3,(H,17,22). The van der Waals surface area contributed by atoms with Crippen LogP contribution in [0.1, 0.15) is 11.8 Å². The molecule has 0 bridgehead atoms. The van der Waals surface area contributed by atoms with Crippen LogP contribution < -0.4 is 5.32 Å². The number of hydrogen-bond acceptors (Lipinski definition) is 5. The van der Waals surface area contributed by atoms with Crippen LogP contribution in [0.4, 0.5) is 10.5 Å². The van der Waals surface area contributed by atoms with Gasteiger partial charge in [-0.2, -0.15) is 0 Å². The van der Waals surface area contributed by atoms with Crippen molar-refractivity contribution >= 4 is 11.7 Å². The Morgan fingerprint density at radius 1 is 1.17 bits per heavy atom. The lowest BCUT2D eigenvalue weighted by molar-refractivity contribution is 0.146. The lowest BCUT2D eigenvalue weighted by Gasteiger charge is -2.34. The van der Waals surface area contributed by atoms with Crippen molar-refractivity contribution in [1.82, 2.24) is 20.0 Å². The maximum absolute atomic E-state index is 12.2. The number of carbonyl (C=O) groups is 1. The minimum Gasteiger partial charge on any atom is -0.426 e. The first-order valence-electron chi connectivity index (χ1n) is 7.83. The molecule has 0 atom stereocenters.